The summed E-state index contributed by atoms with van der Waals surface area (Å²) in [5.41, 5.74) is 0.618. The standard InChI is InChI=1S/C5H6N2O.CH2O2/c1-7-3-5(4-8)2-6-7;2-1-3/h2-4H,1H3;1H,(H,2,3). The largest absolute Gasteiger partial charge is 0.483 e. The van der Waals surface area contributed by atoms with Gasteiger partial charge < -0.3 is 5.11 Å². The van der Waals surface area contributed by atoms with Crippen LogP contribution in [0.15, 0.2) is 12.4 Å². The summed E-state index contributed by atoms with van der Waals surface area (Å²) < 4.78 is 1.59. The molecule has 1 heterocycles. The molecule has 0 fully saturated rings. The lowest BCUT2D eigenvalue weighted by Crippen LogP contribution is -1.84. The number of aromatic nitrogens is 2. The second-order valence-electron chi connectivity index (χ2n) is 1.67. The number of carbonyl (C=O) groups excluding carboxylic acids is 1. The zero-order valence-electron chi connectivity index (χ0n) is 5.97. The Balaban J connectivity index is 0.000000292. The molecule has 60 valence electrons. The predicted molar refractivity (Wildman–Crippen MR) is 37.3 cm³/mol. The molecule has 0 bridgehead atoms. The number of aryl methyl sites for hydroxylation is 1. The Kier molecular flexibility index (Phi) is 4.39. The summed E-state index contributed by atoms with van der Waals surface area (Å²) in [4.78, 5) is 18.3. The minimum atomic E-state index is -0.250. The molecule has 0 aliphatic rings. The van der Waals surface area contributed by atoms with Crippen LogP contribution in [-0.2, 0) is 11.8 Å². The Morgan fingerprint density at radius 1 is 1.64 bits per heavy atom. The van der Waals surface area contributed by atoms with Gasteiger partial charge in [0.05, 0.1) is 11.8 Å². The summed E-state index contributed by atoms with van der Waals surface area (Å²) in [6, 6.07) is 0. The van der Waals surface area contributed by atoms with Crippen LogP contribution in [0.5, 0.6) is 0 Å². The SMILES string of the molecule is Cn1cc(C=O)cn1.O=CO. The van der Waals surface area contributed by atoms with Crippen molar-refractivity contribution < 1.29 is 14.7 Å². The summed E-state index contributed by atoms with van der Waals surface area (Å²) in [5.74, 6) is 0. The van der Waals surface area contributed by atoms with Crippen molar-refractivity contribution in [3.05, 3.63) is 18.0 Å². The number of nitrogens with zero attached hydrogens (tertiary/aromatic N) is 2. The lowest BCUT2D eigenvalue weighted by molar-refractivity contribution is -0.122. The number of carbonyl (C=O) groups is 2. The van der Waals surface area contributed by atoms with E-state index < -0.39 is 0 Å². The van der Waals surface area contributed by atoms with Crippen molar-refractivity contribution in [2.24, 2.45) is 7.05 Å². The molecule has 0 saturated heterocycles. The fourth-order valence-electron chi connectivity index (χ4n) is 0.501. The van der Waals surface area contributed by atoms with E-state index in [4.69, 9.17) is 9.90 Å². The van der Waals surface area contributed by atoms with Crippen molar-refractivity contribution in [3.63, 3.8) is 0 Å². The van der Waals surface area contributed by atoms with E-state index in [0.717, 1.165) is 6.29 Å². The molecule has 0 saturated carbocycles. The summed E-state index contributed by atoms with van der Waals surface area (Å²) in [5, 5.41) is 10.7. The maximum atomic E-state index is 9.97. The van der Waals surface area contributed by atoms with E-state index in [0.29, 0.717) is 5.56 Å². The van der Waals surface area contributed by atoms with E-state index in [9.17, 15) is 4.79 Å². The molecule has 5 heteroatoms. The highest BCUT2D eigenvalue weighted by Crippen LogP contribution is 1.88. The molecule has 0 amide bonds. The average Bonchev–Trinajstić information content (AvgIpc) is 2.37. The van der Waals surface area contributed by atoms with Crippen molar-refractivity contribution in [2.75, 3.05) is 0 Å². The molecular weight excluding hydrogens is 148 g/mol. The van der Waals surface area contributed by atoms with Crippen LogP contribution in [0.2, 0.25) is 0 Å². The van der Waals surface area contributed by atoms with Gasteiger partial charge in [0, 0.05) is 13.2 Å². The van der Waals surface area contributed by atoms with Crippen molar-refractivity contribution in [2.45, 2.75) is 0 Å². The summed E-state index contributed by atoms with van der Waals surface area (Å²) in [6.07, 6.45) is 3.95. The molecule has 0 atom stereocenters. The third-order valence-electron chi connectivity index (χ3n) is 0.861. The lowest BCUT2D eigenvalue weighted by Gasteiger charge is -1.78. The predicted octanol–water partition coefficient (Wildman–Crippen LogP) is -0.0666. The zero-order chi connectivity index (χ0) is 8.69. The summed E-state index contributed by atoms with van der Waals surface area (Å²) >= 11 is 0. The highest BCUT2D eigenvalue weighted by molar-refractivity contribution is 5.73. The zero-order valence-corrected chi connectivity index (χ0v) is 5.97. The van der Waals surface area contributed by atoms with Gasteiger partial charge in [0.25, 0.3) is 6.47 Å². The van der Waals surface area contributed by atoms with Gasteiger partial charge in [-0.15, -0.1) is 0 Å². The van der Waals surface area contributed by atoms with Crippen LogP contribution < -0.4 is 0 Å². The average molecular weight is 156 g/mol. The van der Waals surface area contributed by atoms with Crippen LogP contribution in [0.1, 0.15) is 10.4 Å². The van der Waals surface area contributed by atoms with E-state index >= 15 is 0 Å². The molecule has 0 aliphatic carbocycles. The van der Waals surface area contributed by atoms with E-state index in [1.165, 1.54) is 6.20 Å². The third kappa shape index (κ3) is 3.85. The number of hydrogen-bond acceptors (Lipinski definition) is 3. The molecule has 0 aliphatic heterocycles. The van der Waals surface area contributed by atoms with Gasteiger partial charge in [-0.3, -0.25) is 14.3 Å². The Hall–Kier alpha value is -1.65. The Labute approximate surface area is 63.3 Å². The third-order valence-corrected chi connectivity index (χ3v) is 0.861. The minimum absolute atomic E-state index is 0.250. The van der Waals surface area contributed by atoms with E-state index in [-0.39, 0.29) is 6.47 Å². The van der Waals surface area contributed by atoms with Crippen LogP contribution in [-0.4, -0.2) is 27.6 Å². The van der Waals surface area contributed by atoms with Gasteiger partial charge in [0.1, 0.15) is 0 Å². The first-order valence-electron chi connectivity index (χ1n) is 2.76. The monoisotopic (exact) mass is 156 g/mol. The highest BCUT2D eigenvalue weighted by atomic mass is 16.3. The van der Waals surface area contributed by atoms with Crippen molar-refractivity contribution in [3.8, 4) is 0 Å². The van der Waals surface area contributed by atoms with Crippen molar-refractivity contribution in [1.29, 1.82) is 0 Å². The Morgan fingerprint density at radius 3 is 2.36 bits per heavy atom. The van der Waals surface area contributed by atoms with Gasteiger partial charge in [0.15, 0.2) is 6.29 Å². The van der Waals surface area contributed by atoms with Gasteiger partial charge in [-0.25, -0.2) is 0 Å². The highest BCUT2D eigenvalue weighted by Gasteiger charge is 1.88. The molecular formula is C6H8N2O3. The summed E-state index contributed by atoms with van der Waals surface area (Å²) in [7, 11) is 1.77. The quantitative estimate of drug-likeness (QED) is 0.578. The van der Waals surface area contributed by atoms with Gasteiger partial charge in [-0.05, 0) is 0 Å². The van der Waals surface area contributed by atoms with Gasteiger partial charge in [-0.1, -0.05) is 0 Å². The first kappa shape index (κ1) is 9.35. The van der Waals surface area contributed by atoms with E-state index in [1.807, 2.05) is 0 Å². The molecule has 1 aromatic rings. The van der Waals surface area contributed by atoms with E-state index in [1.54, 1.807) is 17.9 Å². The molecule has 0 aromatic carbocycles. The number of carboxylic acid groups (broad SMARTS) is 1. The second-order valence-corrected chi connectivity index (χ2v) is 1.67. The smallest absolute Gasteiger partial charge is 0.290 e. The van der Waals surface area contributed by atoms with E-state index in [2.05, 4.69) is 5.10 Å². The fraction of sp³-hybridized carbons (Fsp3) is 0.167. The van der Waals surface area contributed by atoms with Crippen LogP contribution >= 0.6 is 0 Å². The molecule has 0 spiro atoms. The van der Waals surface area contributed by atoms with Crippen molar-refractivity contribution in [1.82, 2.24) is 9.78 Å². The van der Waals surface area contributed by atoms with Crippen LogP contribution in [0.25, 0.3) is 0 Å². The molecule has 11 heavy (non-hydrogen) atoms. The first-order valence-corrected chi connectivity index (χ1v) is 2.76. The Morgan fingerprint density at radius 2 is 2.18 bits per heavy atom. The van der Waals surface area contributed by atoms with Crippen molar-refractivity contribution >= 4 is 12.8 Å². The lowest BCUT2D eigenvalue weighted by atomic mass is 10.4. The molecule has 1 aromatic heterocycles. The second kappa shape index (κ2) is 5.16. The first-order chi connectivity index (χ1) is 5.24. The molecule has 0 unspecified atom stereocenters. The number of hydrogen-bond donors (Lipinski definition) is 1. The normalized spacial score (nSPS) is 7.73. The molecule has 1 N–H and O–H groups in total. The molecule has 5 nitrogen and oxygen atoms in total. The molecule has 1 rings (SSSR count). The minimum Gasteiger partial charge on any atom is -0.483 e. The van der Waals surface area contributed by atoms with Crippen LogP contribution in [0.3, 0.4) is 0 Å². The number of aldehydes is 1. The maximum absolute atomic E-state index is 9.97. The van der Waals surface area contributed by atoms with Crippen LogP contribution in [0, 0.1) is 0 Å². The maximum Gasteiger partial charge on any atom is 0.290 e. The molecule has 0 radical (unpaired) electrons. The van der Waals surface area contributed by atoms with Crippen LogP contribution in [0.4, 0.5) is 0 Å². The Bertz CT molecular complexity index is 231. The summed E-state index contributed by atoms with van der Waals surface area (Å²) in [6.45, 7) is -0.250. The number of rotatable bonds is 1. The van der Waals surface area contributed by atoms with Gasteiger partial charge in [0.2, 0.25) is 0 Å². The topological polar surface area (TPSA) is 72.2 Å². The van der Waals surface area contributed by atoms with Gasteiger partial charge >= 0.3 is 0 Å². The fourth-order valence-corrected chi connectivity index (χ4v) is 0.501. The van der Waals surface area contributed by atoms with Gasteiger partial charge in [-0.2, -0.15) is 5.10 Å².